The van der Waals surface area contributed by atoms with E-state index in [2.05, 4.69) is 14.9 Å². The zero-order valence-electron chi connectivity index (χ0n) is 23.5. The first-order valence-corrected chi connectivity index (χ1v) is 13.4. The highest BCUT2D eigenvalue weighted by Gasteiger charge is 2.46. The van der Waals surface area contributed by atoms with Gasteiger partial charge in [0.25, 0.3) is 5.91 Å². The number of fused-ring (bicyclic) bond motifs is 1. The molecule has 41 heavy (non-hydrogen) atoms. The third kappa shape index (κ3) is 5.20. The van der Waals surface area contributed by atoms with Gasteiger partial charge in [0.1, 0.15) is 18.3 Å². The number of imidazole rings is 1. The van der Waals surface area contributed by atoms with Crippen LogP contribution in [0.5, 0.6) is 5.75 Å². The molecule has 12 nitrogen and oxygen atoms in total. The van der Waals surface area contributed by atoms with Gasteiger partial charge in [-0.25, -0.2) is 9.78 Å². The zero-order valence-corrected chi connectivity index (χ0v) is 24.2. The quantitative estimate of drug-likeness (QED) is 0.212. The van der Waals surface area contributed by atoms with E-state index in [1.165, 1.54) is 11.9 Å². The number of benzene rings is 2. The highest BCUT2D eigenvalue weighted by Crippen LogP contribution is 2.42. The van der Waals surface area contributed by atoms with Crippen LogP contribution in [0.2, 0.25) is 5.02 Å². The predicted octanol–water partition coefficient (Wildman–Crippen LogP) is 4.84. The minimum atomic E-state index is -0.901. The van der Waals surface area contributed by atoms with Gasteiger partial charge in [0.05, 0.1) is 54.4 Å². The van der Waals surface area contributed by atoms with E-state index in [9.17, 15) is 9.59 Å². The van der Waals surface area contributed by atoms with Crippen molar-refractivity contribution in [3.63, 3.8) is 0 Å². The maximum atomic E-state index is 14.3. The summed E-state index contributed by atoms with van der Waals surface area (Å²) >= 11 is 6.51. The molecule has 216 valence electrons. The molecular formula is C28H31ClN6O6. The molecule has 4 aromatic rings. The largest absolute Gasteiger partial charge is 0.510 e. The lowest BCUT2D eigenvalue weighted by Gasteiger charge is -2.35. The maximum absolute atomic E-state index is 14.3. The molecule has 1 aliphatic heterocycles. The molecule has 0 N–H and O–H groups in total. The average Bonchev–Trinajstić information content (AvgIpc) is 3.72. The highest BCUT2D eigenvalue weighted by atomic mass is 35.5. The van der Waals surface area contributed by atoms with Crippen LogP contribution >= 0.6 is 11.6 Å². The summed E-state index contributed by atoms with van der Waals surface area (Å²) in [7, 11) is 2.78. The molecule has 1 unspecified atom stereocenters. The summed E-state index contributed by atoms with van der Waals surface area (Å²) in [6.45, 7) is 5.98. The summed E-state index contributed by atoms with van der Waals surface area (Å²) in [6.07, 6.45) is 2.77. The summed E-state index contributed by atoms with van der Waals surface area (Å²) in [6, 6.07) is 8.86. The number of ether oxygens (including phenoxy) is 4. The predicted molar refractivity (Wildman–Crippen MR) is 149 cm³/mol. The summed E-state index contributed by atoms with van der Waals surface area (Å²) in [5.41, 5.74) is 2.39. The van der Waals surface area contributed by atoms with E-state index >= 15 is 0 Å². The lowest BCUT2D eigenvalue weighted by atomic mass is 9.96. The van der Waals surface area contributed by atoms with Crippen LogP contribution in [-0.4, -0.2) is 68.6 Å². The second kappa shape index (κ2) is 11.4. The molecule has 1 aliphatic rings. The summed E-state index contributed by atoms with van der Waals surface area (Å²) in [4.78, 5) is 34.2. The molecule has 1 saturated heterocycles. The minimum absolute atomic E-state index is 0.00951. The summed E-state index contributed by atoms with van der Waals surface area (Å²) < 4.78 is 22.9. The number of aromatic nitrogens is 5. The van der Waals surface area contributed by atoms with Crippen molar-refractivity contribution in [3.05, 3.63) is 64.7 Å². The molecule has 5 rings (SSSR count). The van der Waals surface area contributed by atoms with Crippen LogP contribution in [0.1, 0.15) is 48.4 Å². The van der Waals surface area contributed by atoms with Crippen LogP contribution in [0.3, 0.4) is 0 Å². The van der Waals surface area contributed by atoms with Gasteiger partial charge in [-0.15, -0.1) is 0 Å². The zero-order chi connectivity index (χ0) is 29.3. The Kier molecular flexibility index (Phi) is 7.87. The fraction of sp³-hybridized carbons (Fsp3) is 0.393. The van der Waals surface area contributed by atoms with Gasteiger partial charge in [-0.05, 0) is 69.5 Å². The average molecular weight is 583 g/mol. The third-order valence-corrected chi connectivity index (χ3v) is 7.81. The van der Waals surface area contributed by atoms with E-state index in [1.807, 2.05) is 29.4 Å². The topological polar surface area (TPSA) is 123 Å². The molecule has 3 heterocycles. The molecule has 0 saturated carbocycles. The van der Waals surface area contributed by atoms with Crippen LogP contribution in [0.15, 0.2) is 42.7 Å². The number of aryl methyl sites for hydroxylation is 1. The van der Waals surface area contributed by atoms with Gasteiger partial charge < -0.3 is 28.4 Å². The fourth-order valence-corrected chi connectivity index (χ4v) is 5.45. The number of carbonyl (C=O) groups is 2. The maximum Gasteiger partial charge on any atom is 0.510 e. The smallest absolute Gasteiger partial charge is 0.497 e. The molecular weight excluding hydrogens is 552 g/mol. The van der Waals surface area contributed by atoms with Crippen molar-refractivity contribution in [2.75, 3.05) is 20.8 Å². The van der Waals surface area contributed by atoms with Gasteiger partial charge in [-0.1, -0.05) is 11.6 Å². The Hall–Kier alpha value is -4.16. The van der Waals surface area contributed by atoms with E-state index in [-0.39, 0.29) is 12.6 Å². The molecule has 0 spiro atoms. The summed E-state index contributed by atoms with van der Waals surface area (Å²) in [5, 5.41) is 9.05. The molecule has 2 aromatic heterocycles. The number of hydrogen-bond acceptors (Lipinski definition) is 9. The van der Waals surface area contributed by atoms with E-state index in [1.54, 1.807) is 50.7 Å². The van der Waals surface area contributed by atoms with Crippen LogP contribution in [0.25, 0.3) is 16.7 Å². The van der Waals surface area contributed by atoms with E-state index in [0.29, 0.717) is 46.3 Å². The second-order valence-corrected chi connectivity index (χ2v) is 10.3. The van der Waals surface area contributed by atoms with Gasteiger partial charge in [-0.2, -0.15) is 15.0 Å². The normalized spacial score (nSPS) is 17.6. The Labute approximate surface area is 241 Å². The number of carbonyl (C=O) groups excluding carboxylic acids is 2. The molecule has 1 amide bonds. The standard InChI is InChI=1S/C28H31ClN6O6/c1-17-21(29)8-9-22-24(17)33(16-40-18(2)41-27(37)39-5)26(32-22)28(3)11-6-14-34(28)25(36)20-15-19(38-4)7-10-23(20)35-30-12-13-31-35/h7-10,12-13,15,18H,6,11,14,16H2,1-5H3/t18?,28-/m0/s1. The number of nitrogens with zero attached hydrogens (tertiary/aromatic N) is 6. The van der Waals surface area contributed by atoms with Gasteiger partial charge in [0, 0.05) is 11.6 Å². The van der Waals surface area contributed by atoms with Crippen molar-refractivity contribution in [2.24, 2.45) is 0 Å². The number of likely N-dealkylation sites (tertiary alicyclic amines) is 1. The molecule has 2 aromatic carbocycles. The van der Waals surface area contributed by atoms with Crippen molar-refractivity contribution in [2.45, 2.75) is 52.2 Å². The monoisotopic (exact) mass is 582 g/mol. The Morgan fingerprint density at radius 1 is 1.15 bits per heavy atom. The second-order valence-electron chi connectivity index (χ2n) is 9.87. The molecule has 1 fully saturated rings. The third-order valence-electron chi connectivity index (χ3n) is 7.40. The first-order valence-electron chi connectivity index (χ1n) is 13.1. The van der Waals surface area contributed by atoms with Crippen LogP contribution in [-0.2, 0) is 26.5 Å². The van der Waals surface area contributed by atoms with Crippen molar-refractivity contribution in [1.29, 1.82) is 0 Å². The van der Waals surface area contributed by atoms with Gasteiger partial charge in [-0.3, -0.25) is 4.79 Å². The number of amides is 1. The summed E-state index contributed by atoms with van der Waals surface area (Å²) in [5.74, 6) is 0.944. The number of rotatable bonds is 8. The molecule has 0 aliphatic carbocycles. The Balaban J connectivity index is 1.59. The fourth-order valence-electron chi connectivity index (χ4n) is 5.30. The Bertz CT molecular complexity index is 1590. The van der Waals surface area contributed by atoms with Crippen LogP contribution in [0.4, 0.5) is 4.79 Å². The number of hydrogen-bond donors (Lipinski definition) is 0. The van der Waals surface area contributed by atoms with Crippen molar-refractivity contribution in [3.8, 4) is 11.4 Å². The van der Waals surface area contributed by atoms with Crippen molar-refractivity contribution >= 4 is 34.7 Å². The molecule has 0 bridgehead atoms. The SMILES string of the molecule is COC(=O)OC(C)OCn1c([C@]2(C)CCCN2C(=O)c2cc(OC)ccc2-n2nccn2)nc2ccc(Cl)c(C)c21. The number of halogens is 1. The number of methoxy groups -OCH3 is 2. The molecule has 2 atom stereocenters. The Morgan fingerprint density at radius 3 is 2.61 bits per heavy atom. The van der Waals surface area contributed by atoms with E-state index in [4.69, 9.17) is 30.8 Å². The van der Waals surface area contributed by atoms with Crippen molar-refractivity contribution < 1.29 is 28.5 Å². The first kappa shape index (κ1) is 28.4. The Morgan fingerprint density at radius 2 is 1.90 bits per heavy atom. The van der Waals surface area contributed by atoms with Crippen LogP contribution in [0, 0.1) is 6.92 Å². The first-order chi connectivity index (χ1) is 19.7. The molecule has 13 heteroatoms. The van der Waals surface area contributed by atoms with Crippen LogP contribution < -0.4 is 4.74 Å². The van der Waals surface area contributed by atoms with Crippen molar-refractivity contribution in [1.82, 2.24) is 29.4 Å². The van der Waals surface area contributed by atoms with Gasteiger partial charge in [0.15, 0.2) is 0 Å². The van der Waals surface area contributed by atoms with Gasteiger partial charge >= 0.3 is 6.16 Å². The molecule has 0 radical (unpaired) electrons. The highest BCUT2D eigenvalue weighted by molar-refractivity contribution is 6.32. The lowest BCUT2D eigenvalue weighted by molar-refractivity contribution is -0.130. The van der Waals surface area contributed by atoms with Gasteiger partial charge in [0.2, 0.25) is 6.29 Å². The van der Waals surface area contributed by atoms with E-state index in [0.717, 1.165) is 17.5 Å². The van der Waals surface area contributed by atoms with E-state index < -0.39 is 18.0 Å². The lowest BCUT2D eigenvalue weighted by Crippen LogP contribution is -2.45. The minimum Gasteiger partial charge on any atom is -0.497 e.